The molecule has 1 aliphatic carbocycles. The number of nitro benzene ring substituents is 1. The van der Waals surface area contributed by atoms with Crippen molar-refractivity contribution >= 4 is 22.3 Å². The monoisotopic (exact) mass is 287 g/mol. The number of hydrogen-bond donors (Lipinski definition) is 1. The number of anilines is 1. The molecule has 110 valence electrons. The molecule has 0 spiro atoms. The molecule has 1 fully saturated rings. The lowest BCUT2D eigenvalue weighted by Crippen LogP contribution is -2.29. The van der Waals surface area contributed by atoms with Gasteiger partial charge < -0.3 is 10.0 Å². The standard InChI is InChI=1S/C15H17N3O3/c1-10-8-15(17(6-7-19)11-2-3-11)13-9-12(18(20)21)4-5-14(13)16-10/h4-5,8-9,11,19H,2-3,6-7H2,1H3. The molecule has 1 N–H and O–H groups in total. The molecule has 1 saturated carbocycles. The minimum absolute atomic E-state index is 0.0638. The van der Waals surface area contributed by atoms with Crippen molar-refractivity contribution in [2.24, 2.45) is 0 Å². The molecule has 21 heavy (non-hydrogen) atoms. The molecule has 0 aliphatic heterocycles. The minimum atomic E-state index is -0.392. The molecule has 0 bridgehead atoms. The van der Waals surface area contributed by atoms with E-state index in [-0.39, 0.29) is 12.3 Å². The molecular weight excluding hydrogens is 270 g/mol. The van der Waals surface area contributed by atoms with Gasteiger partial charge in [0.25, 0.3) is 5.69 Å². The molecule has 0 unspecified atom stereocenters. The average molecular weight is 287 g/mol. The number of aromatic nitrogens is 1. The highest BCUT2D eigenvalue weighted by Crippen LogP contribution is 2.36. The molecule has 0 radical (unpaired) electrons. The van der Waals surface area contributed by atoms with Crippen molar-refractivity contribution in [3.63, 3.8) is 0 Å². The highest BCUT2D eigenvalue weighted by molar-refractivity contribution is 5.93. The van der Waals surface area contributed by atoms with Crippen LogP contribution in [0.5, 0.6) is 0 Å². The Morgan fingerprint density at radius 1 is 1.43 bits per heavy atom. The molecule has 0 saturated heterocycles. The van der Waals surface area contributed by atoms with Gasteiger partial charge in [0, 0.05) is 41.5 Å². The number of nitro groups is 1. The third-order valence-corrected chi connectivity index (χ3v) is 3.75. The van der Waals surface area contributed by atoms with Crippen LogP contribution in [0, 0.1) is 17.0 Å². The summed E-state index contributed by atoms with van der Waals surface area (Å²) in [5.41, 5.74) is 2.61. The average Bonchev–Trinajstić information content (AvgIpc) is 3.28. The van der Waals surface area contributed by atoms with E-state index in [4.69, 9.17) is 0 Å². The lowest BCUT2D eigenvalue weighted by Gasteiger charge is -2.25. The van der Waals surface area contributed by atoms with E-state index in [1.807, 2.05) is 13.0 Å². The van der Waals surface area contributed by atoms with Crippen LogP contribution >= 0.6 is 0 Å². The first-order chi connectivity index (χ1) is 10.1. The Morgan fingerprint density at radius 3 is 2.81 bits per heavy atom. The van der Waals surface area contributed by atoms with Crippen molar-refractivity contribution in [1.82, 2.24) is 4.98 Å². The van der Waals surface area contributed by atoms with Gasteiger partial charge in [-0.15, -0.1) is 0 Å². The maximum Gasteiger partial charge on any atom is 0.270 e. The van der Waals surface area contributed by atoms with Crippen LogP contribution in [0.15, 0.2) is 24.3 Å². The summed E-state index contributed by atoms with van der Waals surface area (Å²) < 4.78 is 0. The van der Waals surface area contributed by atoms with Crippen molar-refractivity contribution in [3.8, 4) is 0 Å². The first kappa shape index (κ1) is 13.8. The van der Waals surface area contributed by atoms with Crippen LogP contribution in [-0.2, 0) is 0 Å². The molecule has 0 amide bonds. The van der Waals surface area contributed by atoms with Gasteiger partial charge in [0.05, 0.1) is 17.0 Å². The first-order valence-electron chi connectivity index (χ1n) is 7.03. The second-order valence-corrected chi connectivity index (χ2v) is 5.39. The lowest BCUT2D eigenvalue weighted by molar-refractivity contribution is -0.384. The largest absolute Gasteiger partial charge is 0.395 e. The Bertz CT molecular complexity index is 698. The van der Waals surface area contributed by atoms with Gasteiger partial charge in [-0.2, -0.15) is 0 Å². The first-order valence-corrected chi connectivity index (χ1v) is 7.03. The number of aliphatic hydroxyl groups excluding tert-OH is 1. The van der Waals surface area contributed by atoms with E-state index in [1.54, 1.807) is 12.1 Å². The number of pyridine rings is 1. The fraction of sp³-hybridized carbons (Fsp3) is 0.400. The van der Waals surface area contributed by atoms with Gasteiger partial charge in [-0.05, 0) is 31.9 Å². The lowest BCUT2D eigenvalue weighted by atomic mass is 10.1. The molecule has 3 rings (SSSR count). The number of rotatable bonds is 5. The van der Waals surface area contributed by atoms with Crippen LogP contribution < -0.4 is 4.90 Å². The summed E-state index contributed by atoms with van der Waals surface area (Å²) in [6.45, 7) is 2.51. The van der Waals surface area contributed by atoms with Crippen molar-refractivity contribution in [3.05, 3.63) is 40.1 Å². The predicted molar refractivity (Wildman–Crippen MR) is 80.6 cm³/mol. The van der Waals surface area contributed by atoms with E-state index in [1.165, 1.54) is 6.07 Å². The molecule has 6 heteroatoms. The topological polar surface area (TPSA) is 79.5 Å². The summed E-state index contributed by atoms with van der Waals surface area (Å²) in [4.78, 5) is 17.2. The Morgan fingerprint density at radius 2 is 2.19 bits per heavy atom. The molecular formula is C15H17N3O3. The summed E-state index contributed by atoms with van der Waals surface area (Å²) in [6, 6.07) is 7.10. The Kier molecular flexibility index (Phi) is 3.47. The molecule has 0 atom stereocenters. The third-order valence-electron chi connectivity index (χ3n) is 3.75. The van der Waals surface area contributed by atoms with E-state index in [9.17, 15) is 15.2 Å². The van der Waals surface area contributed by atoms with Crippen molar-refractivity contribution < 1.29 is 10.0 Å². The number of benzene rings is 1. The van der Waals surface area contributed by atoms with Gasteiger partial charge in [-0.3, -0.25) is 15.1 Å². The van der Waals surface area contributed by atoms with Gasteiger partial charge in [-0.25, -0.2) is 0 Å². The molecule has 2 aromatic rings. The van der Waals surface area contributed by atoms with Crippen LogP contribution in [0.2, 0.25) is 0 Å². The summed E-state index contributed by atoms with van der Waals surface area (Å²) >= 11 is 0. The van der Waals surface area contributed by atoms with E-state index in [0.717, 1.165) is 35.1 Å². The highest BCUT2D eigenvalue weighted by atomic mass is 16.6. The van der Waals surface area contributed by atoms with Gasteiger partial charge in [0.15, 0.2) is 0 Å². The molecule has 6 nitrogen and oxygen atoms in total. The number of fused-ring (bicyclic) bond motifs is 1. The molecule has 1 aromatic carbocycles. The summed E-state index contributed by atoms with van der Waals surface area (Å²) in [5.74, 6) is 0. The van der Waals surface area contributed by atoms with Crippen LogP contribution in [0.1, 0.15) is 18.5 Å². The molecule has 1 aromatic heterocycles. The molecule has 1 heterocycles. The van der Waals surface area contributed by atoms with Gasteiger partial charge in [0.1, 0.15) is 0 Å². The molecule has 1 aliphatic rings. The number of aryl methyl sites for hydroxylation is 1. The van der Waals surface area contributed by atoms with E-state index in [0.29, 0.717) is 12.6 Å². The van der Waals surface area contributed by atoms with E-state index >= 15 is 0 Å². The number of hydrogen-bond acceptors (Lipinski definition) is 5. The maximum absolute atomic E-state index is 11.0. The summed E-state index contributed by atoms with van der Waals surface area (Å²) in [6.07, 6.45) is 2.19. The zero-order valence-electron chi connectivity index (χ0n) is 11.8. The minimum Gasteiger partial charge on any atom is -0.395 e. The van der Waals surface area contributed by atoms with Gasteiger partial charge in [0.2, 0.25) is 0 Å². The number of nitrogens with zero attached hydrogens (tertiary/aromatic N) is 3. The van der Waals surface area contributed by atoms with Crippen molar-refractivity contribution in [1.29, 1.82) is 0 Å². The summed E-state index contributed by atoms with van der Waals surface area (Å²) in [7, 11) is 0. The van der Waals surface area contributed by atoms with Gasteiger partial charge >= 0.3 is 0 Å². The fourth-order valence-corrected chi connectivity index (χ4v) is 2.67. The Labute approximate surface area is 122 Å². The fourth-order valence-electron chi connectivity index (χ4n) is 2.67. The van der Waals surface area contributed by atoms with E-state index < -0.39 is 4.92 Å². The SMILES string of the molecule is Cc1cc(N(CCO)C2CC2)c2cc([N+](=O)[O-])ccc2n1. The highest BCUT2D eigenvalue weighted by Gasteiger charge is 2.30. The van der Waals surface area contributed by atoms with Crippen LogP contribution in [0.25, 0.3) is 10.9 Å². The summed E-state index contributed by atoms with van der Waals surface area (Å²) in [5, 5.41) is 21.1. The number of non-ortho nitro benzene ring substituents is 1. The number of aliphatic hydroxyl groups is 1. The zero-order chi connectivity index (χ0) is 15.0. The van der Waals surface area contributed by atoms with Crippen LogP contribution in [-0.4, -0.2) is 34.2 Å². The van der Waals surface area contributed by atoms with Crippen LogP contribution in [0.4, 0.5) is 11.4 Å². The predicted octanol–water partition coefficient (Wildman–Crippen LogP) is 2.41. The van der Waals surface area contributed by atoms with Crippen molar-refractivity contribution in [2.45, 2.75) is 25.8 Å². The van der Waals surface area contributed by atoms with E-state index in [2.05, 4.69) is 9.88 Å². The smallest absolute Gasteiger partial charge is 0.270 e. The third kappa shape index (κ3) is 2.67. The van der Waals surface area contributed by atoms with Crippen LogP contribution in [0.3, 0.4) is 0 Å². The van der Waals surface area contributed by atoms with Gasteiger partial charge in [-0.1, -0.05) is 0 Å². The second kappa shape index (κ2) is 5.29. The van der Waals surface area contributed by atoms with Crippen molar-refractivity contribution in [2.75, 3.05) is 18.1 Å². The normalized spacial score (nSPS) is 14.4. The second-order valence-electron chi connectivity index (χ2n) is 5.39. The maximum atomic E-state index is 11.0. The Hall–Kier alpha value is -2.21. The zero-order valence-corrected chi connectivity index (χ0v) is 11.8. The Balaban J connectivity index is 2.18. The quantitative estimate of drug-likeness (QED) is 0.674.